The zero-order valence-electron chi connectivity index (χ0n) is 15.0. The van der Waals surface area contributed by atoms with Crippen LogP contribution in [0.5, 0.6) is 17.2 Å². The molecule has 0 aromatic heterocycles. The van der Waals surface area contributed by atoms with Gasteiger partial charge in [-0.15, -0.1) is 0 Å². The maximum Gasteiger partial charge on any atom is 0.342 e. The number of phenolic OH excluding ortho intramolecular Hbond substituents is 1. The zero-order chi connectivity index (χ0) is 19.5. The van der Waals surface area contributed by atoms with Gasteiger partial charge in [-0.05, 0) is 29.7 Å². The van der Waals surface area contributed by atoms with Crippen LogP contribution in [0.3, 0.4) is 0 Å². The molecule has 0 spiro atoms. The third-order valence-corrected chi connectivity index (χ3v) is 4.52. The molecule has 0 bridgehead atoms. The molecule has 1 N–H and O–H groups in total. The third-order valence-electron chi connectivity index (χ3n) is 4.52. The molecule has 0 fully saturated rings. The van der Waals surface area contributed by atoms with Gasteiger partial charge in [0.2, 0.25) is 0 Å². The Morgan fingerprint density at radius 2 is 1.75 bits per heavy atom. The Hall–Kier alpha value is -3.54. The van der Waals surface area contributed by atoms with Crippen LogP contribution in [0, 0.1) is 0 Å². The van der Waals surface area contributed by atoms with Gasteiger partial charge in [-0.1, -0.05) is 30.3 Å². The molecule has 4 rings (SSSR count). The van der Waals surface area contributed by atoms with Crippen molar-refractivity contribution in [3.05, 3.63) is 65.7 Å². The lowest BCUT2D eigenvalue weighted by atomic mass is 10.1. The van der Waals surface area contributed by atoms with Crippen molar-refractivity contribution >= 4 is 22.5 Å². The number of ketones is 1. The van der Waals surface area contributed by atoms with Crippen LogP contribution in [-0.2, 0) is 4.74 Å². The number of benzene rings is 3. The normalized spacial score (nSPS) is 13.0. The summed E-state index contributed by atoms with van der Waals surface area (Å²) in [5.74, 6) is -0.199. The smallest absolute Gasteiger partial charge is 0.342 e. The molecular formula is C22H18O6. The van der Waals surface area contributed by atoms with Gasteiger partial charge in [-0.2, -0.15) is 0 Å². The van der Waals surface area contributed by atoms with Crippen molar-refractivity contribution in [2.24, 2.45) is 0 Å². The lowest BCUT2D eigenvalue weighted by molar-refractivity contribution is 0.0472. The summed E-state index contributed by atoms with van der Waals surface area (Å²) >= 11 is 0. The van der Waals surface area contributed by atoms with E-state index in [0.717, 1.165) is 11.8 Å². The van der Waals surface area contributed by atoms with Crippen molar-refractivity contribution in [3.8, 4) is 17.2 Å². The van der Waals surface area contributed by atoms with Gasteiger partial charge in [0.15, 0.2) is 23.9 Å². The highest BCUT2D eigenvalue weighted by Gasteiger charge is 2.18. The summed E-state index contributed by atoms with van der Waals surface area (Å²) in [6, 6.07) is 15.2. The highest BCUT2D eigenvalue weighted by atomic mass is 16.5. The van der Waals surface area contributed by atoms with E-state index in [4.69, 9.17) is 14.2 Å². The predicted molar refractivity (Wildman–Crippen MR) is 102 cm³/mol. The summed E-state index contributed by atoms with van der Waals surface area (Å²) in [6.07, 6.45) is 0.769. The number of aromatic hydroxyl groups is 1. The van der Waals surface area contributed by atoms with Crippen molar-refractivity contribution in [2.45, 2.75) is 6.42 Å². The highest BCUT2D eigenvalue weighted by Crippen LogP contribution is 2.31. The molecule has 0 amide bonds. The molecule has 142 valence electrons. The first-order valence-corrected chi connectivity index (χ1v) is 8.94. The molecule has 0 saturated heterocycles. The second-order valence-corrected chi connectivity index (χ2v) is 6.39. The number of hydrogen-bond acceptors (Lipinski definition) is 6. The van der Waals surface area contributed by atoms with E-state index < -0.39 is 12.6 Å². The lowest BCUT2D eigenvalue weighted by Crippen LogP contribution is -2.14. The van der Waals surface area contributed by atoms with Gasteiger partial charge >= 0.3 is 5.97 Å². The van der Waals surface area contributed by atoms with E-state index in [1.807, 2.05) is 12.1 Å². The molecule has 1 aliphatic rings. The summed E-state index contributed by atoms with van der Waals surface area (Å²) in [5.41, 5.74) is 0.380. The molecule has 3 aromatic rings. The SMILES string of the molecule is O=C(COC(=O)c1ccc2ccccc2c1O)c1ccc2c(c1)OCCCO2. The van der Waals surface area contributed by atoms with Crippen LogP contribution in [0.4, 0.5) is 0 Å². The van der Waals surface area contributed by atoms with Crippen molar-refractivity contribution < 1.29 is 28.9 Å². The van der Waals surface area contributed by atoms with Crippen LogP contribution >= 0.6 is 0 Å². The number of ether oxygens (including phenoxy) is 3. The average molecular weight is 378 g/mol. The number of rotatable bonds is 4. The fourth-order valence-electron chi connectivity index (χ4n) is 3.05. The Kier molecular flexibility index (Phi) is 4.85. The van der Waals surface area contributed by atoms with Gasteiger partial charge < -0.3 is 19.3 Å². The largest absolute Gasteiger partial charge is 0.506 e. The fourth-order valence-corrected chi connectivity index (χ4v) is 3.05. The van der Waals surface area contributed by atoms with Crippen LogP contribution < -0.4 is 9.47 Å². The standard InChI is InChI=1S/C22H18O6/c23-18(15-7-9-19-20(12-15)27-11-3-10-26-19)13-28-22(25)17-8-6-14-4-1-2-5-16(14)21(17)24/h1-2,4-9,12,24H,3,10-11,13H2. The third kappa shape index (κ3) is 3.49. The molecular weight excluding hydrogens is 360 g/mol. The van der Waals surface area contributed by atoms with Crippen molar-refractivity contribution in [3.63, 3.8) is 0 Å². The molecule has 1 aliphatic heterocycles. The van der Waals surface area contributed by atoms with Crippen LogP contribution in [0.25, 0.3) is 10.8 Å². The average Bonchev–Trinajstić information content (AvgIpc) is 2.97. The lowest BCUT2D eigenvalue weighted by Gasteiger charge is -2.10. The molecule has 6 nitrogen and oxygen atoms in total. The fraction of sp³-hybridized carbons (Fsp3) is 0.182. The minimum Gasteiger partial charge on any atom is -0.506 e. The Balaban J connectivity index is 1.47. The molecule has 3 aromatic carbocycles. The number of fused-ring (bicyclic) bond motifs is 2. The summed E-state index contributed by atoms with van der Waals surface area (Å²) < 4.78 is 16.2. The highest BCUT2D eigenvalue weighted by molar-refractivity contribution is 6.03. The van der Waals surface area contributed by atoms with Gasteiger partial charge in [0.05, 0.1) is 13.2 Å². The van der Waals surface area contributed by atoms with E-state index >= 15 is 0 Å². The molecule has 0 saturated carbocycles. The van der Waals surface area contributed by atoms with Crippen molar-refractivity contribution in [2.75, 3.05) is 19.8 Å². The number of esters is 1. The second kappa shape index (κ2) is 7.60. The second-order valence-electron chi connectivity index (χ2n) is 6.39. The topological polar surface area (TPSA) is 82.1 Å². The zero-order valence-corrected chi connectivity index (χ0v) is 15.0. The molecule has 6 heteroatoms. The molecule has 0 atom stereocenters. The Labute approximate surface area is 161 Å². The number of phenols is 1. The van der Waals surface area contributed by atoms with Crippen molar-refractivity contribution in [1.82, 2.24) is 0 Å². The summed E-state index contributed by atoms with van der Waals surface area (Å²) in [4.78, 5) is 24.8. The van der Waals surface area contributed by atoms with E-state index in [1.54, 1.807) is 36.4 Å². The molecule has 28 heavy (non-hydrogen) atoms. The summed E-state index contributed by atoms with van der Waals surface area (Å²) in [7, 11) is 0. The van der Waals surface area contributed by atoms with E-state index in [9.17, 15) is 14.7 Å². The molecule has 1 heterocycles. The molecule has 0 aliphatic carbocycles. The number of carbonyl (C=O) groups is 2. The van der Waals surface area contributed by atoms with E-state index in [1.165, 1.54) is 6.07 Å². The minimum atomic E-state index is -0.758. The Morgan fingerprint density at radius 3 is 2.61 bits per heavy atom. The maximum absolute atomic E-state index is 12.4. The maximum atomic E-state index is 12.4. The first-order valence-electron chi connectivity index (χ1n) is 8.94. The predicted octanol–water partition coefficient (Wildman–Crippen LogP) is 3.75. The van der Waals surface area contributed by atoms with Gasteiger partial charge in [0.1, 0.15) is 11.3 Å². The summed E-state index contributed by atoms with van der Waals surface area (Å²) in [5, 5.41) is 11.7. The summed E-state index contributed by atoms with van der Waals surface area (Å²) in [6.45, 7) is 0.638. The molecule has 0 unspecified atom stereocenters. The van der Waals surface area contributed by atoms with Gasteiger partial charge in [0, 0.05) is 17.4 Å². The van der Waals surface area contributed by atoms with E-state index in [2.05, 4.69) is 0 Å². The first kappa shape index (κ1) is 17.9. The Morgan fingerprint density at radius 1 is 0.964 bits per heavy atom. The van der Waals surface area contributed by atoms with Gasteiger partial charge in [-0.3, -0.25) is 4.79 Å². The first-order chi connectivity index (χ1) is 13.6. The van der Waals surface area contributed by atoms with Gasteiger partial charge in [-0.25, -0.2) is 4.79 Å². The number of carbonyl (C=O) groups excluding carboxylic acids is 2. The number of Topliss-reactive ketones (excluding diaryl/α,β-unsaturated/α-hetero) is 1. The molecule has 0 radical (unpaired) electrons. The Bertz CT molecular complexity index is 1060. The van der Waals surface area contributed by atoms with Crippen LogP contribution in [0.1, 0.15) is 27.1 Å². The monoisotopic (exact) mass is 378 g/mol. The van der Waals surface area contributed by atoms with Crippen LogP contribution in [0.15, 0.2) is 54.6 Å². The van der Waals surface area contributed by atoms with Crippen LogP contribution in [-0.4, -0.2) is 36.7 Å². The van der Waals surface area contributed by atoms with E-state index in [0.29, 0.717) is 35.7 Å². The van der Waals surface area contributed by atoms with Crippen molar-refractivity contribution in [1.29, 1.82) is 0 Å². The van der Waals surface area contributed by atoms with Gasteiger partial charge in [0.25, 0.3) is 0 Å². The number of hydrogen-bond donors (Lipinski definition) is 1. The quantitative estimate of drug-likeness (QED) is 0.550. The van der Waals surface area contributed by atoms with Crippen LogP contribution in [0.2, 0.25) is 0 Å². The van der Waals surface area contributed by atoms with E-state index in [-0.39, 0.29) is 17.1 Å². The minimum absolute atomic E-state index is 0.0187.